The first-order valence-electron chi connectivity index (χ1n) is 13.9. The van der Waals surface area contributed by atoms with Gasteiger partial charge in [-0.2, -0.15) is 0 Å². The molecule has 0 saturated carbocycles. The normalized spacial score (nSPS) is 17.7. The largest absolute Gasteiger partial charge is 0.444 e. The van der Waals surface area contributed by atoms with Crippen LogP contribution in [0.2, 0.25) is 0 Å². The molecule has 0 spiro atoms. The van der Waals surface area contributed by atoms with E-state index in [-0.39, 0.29) is 12.7 Å². The Hall–Kier alpha value is -1.66. The molecule has 194 valence electrons. The maximum absolute atomic E-state index is 11.8. The van der Waals surface area contributed by atoms with Crippen molar-refractivity contribution in [2.24, 2.45) is 0 Å². The molecule has 1 fully saturated rings. The number of carbonyl (C=O) groups is 1. The van der Waals surface area contributed by atoms with Crippen LogP contribution in [-0.4, -0.2) is 36.7 Å². The number of hydrogen-bond donors (Lipinski definition) is 1. The van der Waals surface area contributed by atoms with Gasteiger partial charge < -0.3 is 19.5 Å². The minimum Gasteiger partial charge on any atom is -0.444 e. The average molecular weight is 477 g/mol. The molecule has 1 N–H and O–H groups in total. The number of nitrogens with one attached hydrogen (secondary N) is 1. The summed E-state index contributed by atoms with van der Waals surface area (Å²) in [6.07, 6.45) is 22.5. The van der Waals surface area contributed by atoms with E-state index in [1.54, 1.807) is 6.20 Å². The number of alkyl carbamates (subject to hydrolysis) is 1. The summed E-state index contributed by atoms with van der Waals surface area (Å²) in [5, 5.41) is 2.68. The van der Waals surface area contributed by atoms with Gasteiger partial charge in [0.2, 0.25) is 0 Å². The van der Waals surface area contributed by atoms with Crippen LogP contribution in [0.1, 0.15) is 115 Å². The Morgan fingerprint density at radius 1 is 0.941 bits per heavy atom. The van der Waals surface area contributed by atoms with Gasteiger partial charge in [0.25, 0.3) is 0 Å². The van der Waals surface area contributed by atoms with Crippen molar-refractivity contribution < 1.29 is 19.0 Å². The fourth-order valence-corrected chi connectivity index (χ4v) is 4.35. The van der Waals surface area contributed by atoms with Crippen molar-refractivity contribution >= 4 is 6.09 Å². The van der Waals surface area contributed by atoms with E-state index in [4.69, 9.17) is 14.2 Å². The lowest BCUT2D eigenvalue weighted by Crippen LogP contribution is -2.28. The van der Waals surface area contributed by atoms with E-state index in [1.165, 1.54) is 96.3 Å². The van der Waals surface area contributed by atoms with Gasteiger partial charge in [0, 0.05) is 6.20 Å². The first-order valence-corrected chi connectivity index (χ1v) is 13.9. The maximum atomic E-state index is 11.8. The second kappa shape index (κ2) is 19.6. The van der Waals surface area contributed by atoms with E-state index in [0.29, 0.717) is 13.2 Å². The molecule has 6 nitrogen and oxygen atoms in total. The smallest absolute Gasteiger partial charge is 0.407 e. The van der Waals surface area contributed by atoms with E-state index in [2.05, 4.69) is 17.2 Å². The Morgan fingerprint density at radius 2 is 1.56 bits per heavy atom. The molecular weight excluding hydrogens is 428 g/mol. The monoisotopic (exact) mass is 476 g/mol. The van der Waals surface area contributed by atoms with Gasteiger partial charge in [-0.25, -0.2) is 4.79 Å². The van der Waals surface area contributed by atoms with Gasteiger partial charge in [0.15, 0.2) is 6.29 Å². The van der Waals surface area contributed by atoms with E-state index in [1.807, 2.05) is 18.2 Å². The van der Waals surface area contributed by atoms with Crippen molar-refractivity contribution in [3.63, 3.8) is 0 Å². The van der Waals surface area contributed by atoms with Crippen LogP contribution in [-0.2, 0) is 20.8 Å². The highest BCUT2D eigenvalue weighted by Crippen LogP contribution is 2.19. The number of ether oxygens (including phenoxy) is 3. The first-order chi connectivity index (χ1) is 16.8. The predicted octanol–water partition coefficient (Wildman–Crippen LogP) is 7.31. The third-order valence-corrected chi connectivity index (χ3v) is 6.43. The molecule has 1 aliphatic rings. The third kappa shape index (κ3) is 14.6. The van der Waals surface area contributed by atoms with Gasteiger partial charge in [0.1, 0.15) is 6.61 Å². The summed E-state index contributed by atoms with van der Waals surface area (Å²) in [6.45, 7) is 3.32. The van der Waals surface area contributed by atoms with Gasteiger partial charge in [0.05, 0.1) is 24.9 Å². The number of hydrogen-bond acceptors (Lipinski definition) is 5. The molecule has 34 heavy (non-hydrogen) atoms. The Kier molecular flexibility index (Phi) is 16.5. The van der Waals surface area contributed by atoms with Crippen LogP contribution in [0, 0.1) is 0 Å². The highest BCUT2D eigenvalue weighted by Gasteiger charge is 2.26. The molecule has 6 heteroatoms. The first kappa shape index (κ1) is 28.6. The number of rotatable bonds is 20. The lowest BCUT2D eigenvalue weighted by Gasteiger charge is -2.12. The molecule has 1 saturated heterocycles. The zero-order valence-electron chi connectivity index (χ0n) is 21.5. The average Bonchev–Trinajstić information content (AvgIpc) is 3.32. The Labute approximate surface area is 207 Å². The van der Waals surface area contributed by atoms with E-state index >= 15 is 0 Å². The topological polar surface area (TPSA) is 69.7 Å². The fraction of sp³-hybridized carbons (Fsp3) is 0.786. The van der Waals surface area contributed by atoms with Gasteiger partial charge in [-0.3, -0.25) is 4.98 Å². The summed E-state index contributed by atoms with van der Waals surface area (Å²) < 4.78 is 16.7. The summed E-state index contributed by atoms with van der Waals surface area (Å²) in [5.41, 5.74) is 0.788. The summed E-state index contributed by atoms with van der Waals surface area (Å²) >= 11 is 0. The maximum Gasteiger partial charge on any atom is 0.407 e. The van der Waals surface area contributed by atoms with Crippen molar-refractivity contribution in [1.29, 1.82) is 0 Å². The van der Waals surface area contributed by atoms with Crippen molar-refractivity contribution in [3.05, 3.63) is 30.1 Å². The summed E-state index contributed by atoms with van der Waals surface area (Å²) in [6, 6.07) is 5.58. The minimum absolute atomic E-state index is 0.114. The third-order valence-electron chi connectivity index (χ3n) is 6.43. The molecule has 0 aliphatic carbocycles. The molecule has 1 aliphatic heterocycles. The summed E-state index contributed by atoms with van der Waals surface area (Å²) in [7, 11) is 0. The van der Waals surface area contributed by atoms with Gasteiger partial charge >= 0.3 is 6.09 Å². The standard InChI is InChI=1S/C28H48N2O4/c1-2-3-4-5-6-7-8-9-10-11-12-13-14-15-16-20-26-23-32-27(34-26)24-33-28(31)30-22-25-19-17-18-21-29-25/h17-19,21,26-27H,2-16,20,22-24H2,1H3,(H,30,31). The molecule has 2 rings (SSSR count). The number of amides is 1. The van der Waals surface area contributed by atoms with Crippen molar-refractivity contribution in [3.8, 4) is 0 Å². The van der Waals surface area contributed by atoms with Gasteiger partial charge in [-0.1, -0.05) is 109 Å². The van der Waals surface area contributed by atoms with Crippen LogP contribution >= 0.6 is 0 Å². The Balaban J connectivity index is 1.33. The highest BCUT2D eigenvalue weighted by molar-refractivity contribution is 5.67. The molecule has 0 aromatic carbocycles. The van der Waals surface area contributed by atoms with Crippen LogP contribution in [0.4, 0.5) is 4.79 Å². The SMILES string of the molecule is CCCCCCCCCCCCCCCCCC1COC(COC(=O)NCc2ccccn2)O1. The fourth-order valence-electron chi connectivity index (χ4n) is 4.35. The van der Waals surface area contributed by atoms with Crippen LogP contribution in [0.25, 0.3) is 0 Å². The number of pyridine rings is 1. The molecule has 2 heterocycles. The summed E-state index contributed by atoms with van der Waals surface area (Å²) in [5.74, 6) is 0. The molecule has 1 amide bonds. The lowest BCUT2D eigenvalue weighted by molar-refractivity contribution is -0.0906. The number of aromatic nitrogens is 1. The van der Waals surface area contributed by atoms with Crippen LogP contribution in [0.5, 0.6) is 0 Å². The number of carbonyl (C=O) groups excluding carboxylic acids is 1. The van der Waals surface area contributed by atoms with Gasteiger partial charge in [-0.05, 0) is 18.6 Å². The van der Waals surface area contributed by atoms with Crippen molar-refractivity contribution in [2.75, 3.05) is 13.2 Å². The van der Waals surface area contributed by atoms with E-state index in [0.717, 1.165) is 12.1 Å². The van der Waals surface area contributed by atoms with E-state index in [9.17, 15) is 4.79 Å². The second-order valence-electron chi connectivity index (χ2n) is 9.53. The molecular formula is C28H48N2O4. The van der Waals surface area contributed by atoms with E-state index < -0.39 is 12.4 Å². The Morgan fingerprint density at radius 3 is 2.15 bits per heavy atom. The van der Waals surface area contributed by atoms with Crippen LogP contribution < -0.4 is 5.32 Å². The molecule has 1 aromatic rings. The second-order valence-corrected chi connectivity index (χ2v) is 9.53. The Bertz CT molecular complexity index is 614. The van der Waals surface area contributed by atoms with Gasteiger partial charge in [-0.15, -0.1) is 0 Å². The summed E-state index contributed by atoms with van der Waals surface area (Å²) in [4.78, 5) is 16.0. The molecule has 0 radical (unpaired) electrons. The predicted molar refractivity (Wildman–Crippen MR) is 137 cm³/mol. The zero-order chi connectivity index (χ0) is 24.1. The highest BCUT2D eigenvalue weighted by atomic mass is 16.7. The number of nitrogens with zero attached hydrogens (tertiary/aromatic N) is 1. The van der Waals surface area contributed by atoms with Crippen LogP contribution in [0.15, 0.2) is 24.4 Å². The molecule has 0 bridgehead atoms. The lowest BCUT2D eigenvalue weighted by atomic mass is 10.0. The van der Waals surface area contributed by atoms with Crippen LogP contribution in [0.3, 0.4) is 0 Å². The molecule has 2 unspecified atom stereocenters. The number of unbranched alkanes of at least 4 members (excludes halogenated alkanes) is 14. The van der Waals surface area contributed by atoms with Crippen molar-refractivity contribution in [1.82, 2.24) is 10.3 Å². The molecule has 2 atom stereocenters. The quantitative estimate of drug-likeness (QED) is 0.200. The molecule has 1 aromatic heterocycles. The zero-order valence-corrected chi connectivity index (χ0v) is 21.5. The minimum atomic E-state index is -0.483. The van der Waals surface area contributed by atoms with Crippen molar-refractivity contribution in [2.45, 2.75) is 129 Å².